The summed E-state index contributed by atoms with van der Waals surface area (Å²) in [6.45, 7) is 4.58. The van der Waals surface area contributed by atoms with Crippen LogP contribution in [0.5, 0.6) is 0 Å². The Morgan fingerprint density at radius 1 is 1.21 bits per heavy atom. The van der Waals surface area contributed by atoms with E-state index < -0.39 is 0 Å². The highest BCUT2D eigenvalue weighted by atomic mass is 14.3. The Morgan fingerprint density at radius 3 is 2.71 bits per heavy atom. The third-order valence-corrected chi connectivity index (χ3v) is 3.77. The van der Waals surface area contributed by atoms with E-state index in [9.17, 15) is 0 Å². The topological polar surface area (TPSA) is 0 Å². The summed E-state index contributed by atoms with van der Waals surface area (Å²) in [5.74, 6) is 1.79. The molecular weight excluding hydrogens is 168 g/mol. The van der Waals surface area contributed by atoms with Gasteiger partial charge >= 0.3 is 0 Å². The highest BCUT2D eigenvalue weighted by molar-refractivity contribution is 5.30. The Balaban J connectivity index is 2.26. The normalized spacial score (nSPS) is 26.7. The fraction of sp³-hybridized carbons (Fsp3) is 0.571. The number of hydrogen-bond acceptors (Lipinski definition) is 0. The van der Waals surface area contributed by atoms with Gasteiger partial charge in [0.05, 0.1) is 0 Å². The standard InChI is InChI=1S/C14H20/c1-3-12-8-6-10-14(12)13-9-5-4-7-11(13)2/h4-5,7,9,12,14H,3,6,8,10H2,1-2H3. The molecule has 0 spiro atoms. The zero-order chi connectivity index (χ0) is 9.97. The fourth-order valence-electron chi connectivity index (χ4n) is 2.94. The molecule has 1 aromatic rings. The Hall–Kier alpha value is -0.780. The molecule has 0 N–H and O–H groups in total. The van der Waals surface area contributed by atoms with Gasteiger partial charge in [-0.3, -0.25) is 0 Å². The van der Waals surface area contributed by atoms with Crippen LogP contribution in [0.4, 0.5) is 0 Å². The second kappa shape index (κ2) is 4.16. The highest BCUT2D eigenvalue weighted by Crippen LogP contribution is 2.42. The molecule has 76 valence electrons. The molecule has 1 aromatic carbocycles. The van der Waals surface area contributed by atoms with Gasteiger partial charge in [0, 0.05) is 0 Å². The SMILES string of the molecule is CCC1CCCC1c1ccccc1C. The van der Waals surface area contributed by atoms with E-state index in [1.807, 2.05) is 0 Å². The third-order valence-electron chi connectivity index (χ3n) is 3.77. The van der Waals surface area contributed by atoms with Crippen LogP contribution < -0.4 is 0 Å². The number of benzene rings is 1. The Kier molecular flexibility index (Phi) is 2.90. The zero-order valence-corrected chi connectivity index (χ0v) is 9.29. The van der Waals surface area contributed by atoms with Crippen LogP contribution in [0.2, 0.25) is 0 Å². The fourth-order valence-corrected chi connectivity index (χ4v) is 2.94. The maximum absolute atomic E-state index is 2.33. The molecular formula is C14H20. The van der Waals surface area contributed by atoms with Gasteiger partial charge < -0.3 is 0 Å². The van der Waals surface area contributed by atoms with Crippen molar-refractivity contribution < 1.29 is 0 Å². The summed E-state index contributed by atoms with van der Waals surface area (Å²) in [5, 5.41) is 0. The van der Waals surface area contributed by atoms with Crippen LogP contribution in [0.3, 0.4) is 0 Å². The van der Waals surface area contributed by atoms with Gasteiger partial charge in [-0.05, 0) is 42.7 Å². The summed E-state index contributed by atoms with van der Waals surface area (Å²) in [4.78, 5) is 0. The number of rotatable bonds is 2. The van der Waals surface area contributed by atoms with Gasteiger partial charge in [0.25, 0.3) is 0 Å². The first-order valence-electron chi connectivity index (χ1n) is 5.88. The van der Waals surface area contributed by atoms with Crippen molar-refractivity contribution >= 4 is 0 Å². The zero-order valence-electron chi connectivity index (χ0n) is 9.29. The van der Waals surface area contributed by atoms with Gasteiger partial charge in [-0.2, -0.15) is 0 Å². The first-order valence-corrected chi connectivity index (χ1v) is 5.88. The molecule has 1 aliphatic carbocycles. The summed E-state index contributed by atoms with van der Waals surface area (Å²) in [6.07, 6.45) is 5.62. The van der Waals surface area contributed by atoms with Crippen molar-refractivity contribution in [2.45, 2.75) is 45.4 Å². The molecule has 0 nitrogen and oxygen atoms in total. The molecule has 1 saturated carbocycles. The van der Waals surface area contributed by atoms with Gasteiger partial charge in [0.2, 0.25) is 0 Å². The van der Waals surface area contributed by atoms with Crippen molar-refractivity contribution in [1.82, 2.24) is 0 Å². The smallest absolute Gasteiger partial charge is 0.0131 e. The molecule has 2 unspecified atom stereocenters. The molecule has 14 heavy (non-hydrogen) atoms. The lowest BCUT2D eigenvalue weighted by Gasteiger charge is -2.20. The van der Waals surface area contributed by atoms with Gasteiger partial charge in [-0.1, -0.05) is 44.0 Å². The minimum Gasteiger partial charge on any atom is -0.0651 e. The van der Waals surface area contributed by atoms with Crippen molar-refractivity contribution in [3.63, 3.8) is 0 Å². The van der Waals surface area contributed by atoms with Gasteiger partial charge in [-0.15, -0.1) is 0 Å². The lowest BCUT2D eigenvalue weighted by Crippen LogP contribution is -2.06. The molecule has 1 aliphatic rings. The number of aryl methyl sites for hydroxylation is 1. The molecule has 0 amide bonds. The quantitative estimate of drug-likeness (QED) is 0.649. The first-order chi connectivity index (χ1) is 6.83. The molecule has 2 rings (SSSR count). The van der Waals surface area contributed by atoms with Gasteiger partial charge in [0.1, 0.15) is 0 Å². The molecule has 0 radical (unpaired) electrons. The second-order valence-corrected chi connectivity index (χ2v) is 4.56. The van der Waals surface area contributed by atoms with E-state index in [-0.39, 0.29) is 0 Å². The van der Waals surface area contributed by atoms with E-state index >= 15 is 0 Å². The molecule has 0 saturated heterocycles. The molecule has 0 aliphatic heterocycles. The highest BCUT2D eigenvalue weighted by Gasteiger charge is 2.27. The second-order valence-electron chi connectivity index (χ2n) is 4.56. The Morgan fingerprint density at radius 2 is 2.00 bits per heavy atom. The summed E-state index contributed by atoms with van der Waals surface area (Å²) >= 11 is 0. The molecule has 0 bridgehead atoms. The summed E-state index contributed by atoms with van der Waals surface area (Å²) in [7, 11) is 0. The largest absolute Gasteiger partial charge is 0.0651 e. The van der Waals surface area contributed by atoms with Crippen molar-refractivity contribution in [3.8, 4) is 0 Å². The van der Waals surface area contributed by atoms with Crippen molar-refractivity contribution in [2.75, 3.05) is 0 Å². The van der Waals surface area contributed by atoms with Crippen LogP contribution in [-0.2, 0) is 0 Å². The minimum atomic E-state index is 0.848. The monoisotopic (exact) mass is 188 g/mol. The van der Waals surface area contributed by atoms with Gasteiger partial charge in [-0.25, -0.2) is 0 Å². The van der Waals surface area contributed by atoms with Crippen LogP contribution >= 0.6 is 0 Å². The summed E-state index contributed by atoms with van der Waals surface area (Å²) in [6, 6.07) is 8.91. The third kappa shape index (κ3) is 1.70. The van der Waals surface area contributed by atoms with E-state index in [0.717, 1.165) is 11.8 Å². The van der Waals surface area contributed by atoms with Crippen LogP contribution in [0.15, 0.2) is 24.3 Å². The van der Waals surface area contributed by atoms with Crippen LogP contribution in [0.1, 0.15) is 49.7 Å². The van der Waals surface area contributed by atoms with Gasteiger partial charge in [0.15, 0.2) is 0 Å². The van der Waals surface area contributed by atoms with Crippen LogP contribution in [-0.4, -0.2) is 0 Å². The van der Waals surface area contributed by atoms with E-state index in [2.05, 4.69) is 38.1 Å². The first kappa shape index (κ1) is 9.76. The summed E-state index contributed by atoms with van der Waals surface area (Å²) in [5.41, 5.74) is 3.09. The van der Waals surface area contributed by atoms with Crippen molar-refractivity contribution in [3.05, 3.63) is 35.4 Å². The molecule has 0 heterocycles. The Bertz CT molecular complexity index is 301. The average molecular weight is 188 g/mol. The van der Waals surface area contributed by atoms with E-state index in [1.165, 1.54) is 31.2 Å². The van der Waals surface area contributed by atoms with Crippen molar-refractivity contribution in [2.24, 2.45) is 5.92 Å². The maximum Gasteiger partial charge on any atom is -0.0131 e. The average Bonchev–Trinajstić information content (AvgIpc) is 2.66. The molecule has 1 fully saturated rings. The molecule has 0 heteroatoms. The summed E-state index contributed by atoms with van der Waals surface area (Å²) < 4.78 is 0. The van der Waals surface area contributed by atoms with E-state index in [4.69, 9.17) is 0 Å². The minimum absolute atomic E-state index is 0.848. The van der Waals surface area contributed by atoms with E-state index in [0.29, 0.717) is 0 Å². The van der Waals surface area contributed by atoms with Crippen LogP contribution in [0.25, 0.3) is 0 Å². The molecule has 0 aromatic heterocycles. The Labute approximate surface area is 87.3 Å². The lowest BCUT2D eigenvalue weighted by atomic mass is 9.85. The number of hydrogen-bond donors (Lipinski definition) is 0. The predicted octanol–water partition coefficient (Wildman–Crippen LogP) is 4.29. The van der Waals surface area contributed by atoms with E-state index in [1.54, 1.807) is 5.56 Å². The lowest BCUT2D eigenvalue weighted by molar-refractivity contribution is 0.468. The maximum atomic E-state index is 2.33. The molecule has 2 atom stereocenters. The predicted molar refractivity (Wildman–Crippen MR) is 61.6 cm³/mol. The van der Waals surface area contributed by atoms with Crippen molar-refractivity contribution in [1.29, 1.82) is 0 Å². The van der Waals surface area contributed by atoms with Crippen LogP contribution in [0, 0.1) is 12.8 Å².